The van der Waals surface area contributed by atoms with E-state index in [1.54, 1.807) is 0 Å². The molecule has 1 aromatic heterocycles. The van der Waals surface area contributed by atoms with Gasteiger partial charge in [-0.2, -0.15) is 4.57 Å². The lowest BCUT2D eigenvalue weighted by Gasteiger charge is -2.15. The first-order valence-corrected chi connectivity index (χ1v) is 9.76. The maximum Gasteiger partial charge on any atom is 0.215 e. The Morgan fingerprint density at radius 3 is 1.69 bits per heavy atom. The van der Waals surface area contributed by atoms with Crippen LogP contribution in [0.3, 0.4) is 0 Å². The number of benzene rings is 2. The van der Waals surface area contributed by atoms with Crippen molar-refractivity contribution in [2.75, 3.05) is 38.0 Å². The standard InChI is InChI=1S/C23H32N3/c1-6-7-8-9-14-26-22-16-20(24(2)3)12-10-18(22)15-19-11-13-21(25(4)5)17-23(19)26/h10-13,15-17H,6-9,14H2,1-5H3/q+1. The van der Waals surface area contributed by atoms with Crippen LogP contribution in [0.5, 0.6) is 0 Å². The molecule has 0 N–H and O–H groups in total. The normalized spacial score (nSPS) is 11.3. The summed E-state index contributed by atoms with van der Waals surface area (Å²) >= 11 is 0. The van der Waals surface area contributed by atoms with Crippen LogP contribution in [0, 0.1) is 0 Å². The van der Waals surface area contributed by atoms with Crippen LogP contribution in [0.2, 0.25) is 0 Å². The van der Waals surface area contributed by atoms with E-state index in [1.165, 1.54) is 58.9 Å². The number of nitrogens with zero attached hydrogens (tertiary/aromatic N) is 3. The number of pyridine rings is 1. The molecule has 0 amide bonds. The Labute approximate surface area is 157 Å². The summed E-state index contributed by atoms with van der Waals surface area (Å²) < 4.78 is 2.53. The molecule has 1 heterocycles. The summed E-state index contributed by atoms with van der Waals surface area (Å²) in [7, 11) is 8.44. The largest absolute Gasteiger partial charge is 0.377 e. The van der Waals surface area contributed by atoms with Crippen LogP contribution in [-0.2, 0) is 6.54 Å². The zero-order chi connectivity index (χ0) is 18.7. The number of aryl methyl sites for hydroxylation is 1. The minimum Gasteiger partial charge on any atom is -0.377 e. The Bertz CT molecular complexity index is 831. The molecule has 0 saturated carbocycles. The average molecular weight is 351 g/mol. The van der Waals surface area contributed by atoms with Gasteiger partial charge in [0.1, 0.15) is 6.54 Å². The first kappa shape index (κ1) is 18.5. The van der Waals surface area contributed by atoms with Crippen LogP contribution in [0.4, 0.5) is 11.4 Å². The fraction of sp³-hybridized carbons (Fsp3) is 0.435. The highest BCUT2D eigenvalue weighted by Gasteiger charge is 2.17. The molecule has 0 spiro atoms. The maximum atomic E-state index is 2.53. The first-order chi connectivity index (χ1) is 12.5. The quantitative estimate of drug-likeness (QED) is 0.337. The van der Waals surface area contributed by atoms with Crippen LogP contribution < -0.4 is 14.4 Å². The van der Waals surface area contributed by atoms with E-state index in [-0.39, 0.29) is 0 Å². The van der Waals surface area contributed by atoms with Gasteiger partial charge in [0.25, 0.3) is 0 Å². The monoisotopic (exact) mass is 350 g/mol. The van der Waals surface area contributed by atoms with E-state index >= 15 is 0 Å². The highest BCUT2D eigenvalue weighted by molar-refractivity contribution is 5.91. The van der Waals surface area contributed by atoms with Crippen molar-refractivity contribution >= 4 is 33.2 Å². The van der Waals surface area contributed by atoms with Gasteiger partial charge in [0.15, 0.2) is 0 Å². The summed E-state index contributed by atoms with van der Waals surface area (Å²) in [5, 5.41) is 2.63. The fourth-order valence-electron chi connectivity index (χ4n) is 3.57. The molecule has 0 aliphatic carbocycles. The number of hydrogen-bond acceptors (Lipinski definition) is 2. The van der Waals surface area contributed by atoms with Crippen LogP contribution in [0.15, 0.2) is 42.5 Å². The summed E-state index contributed by atoms with van der Waals surface area (Å²) in [6.45, 7) is 3.34. The maximum absolute atomic E-state index is 2.53. The van der Waals surface area contributed by atoms with Gasteiger partial charge in [0.2, 0.25) is 11.0 Å². The molecule has 0 aliphatic rings. The van der Waals surface area contributed by atoms with E-state index < -0.39 is 0 Å². The van der Waals surface area contributed by atoms with Gasteiger partial charge in [-0.25, -0.2) is 0 Å². The second-order valence-corrected chi connectivity index (χ2v) is 7.63. The minimum absolute atomic E-state index is 1.07. The van der Waals surface area contributed by atoms with Crippen molar-refractivity contribution in [1.29, 1.82) is 0 Å². The van der Waals surface area contributed by atoms with Gasteiger partial charge in [-0.1, -0.05) is 19.8 Å². The molecular weight excluding hydrogens is 318 g/mol. The van der Waals surface area contributed by atoms with Gasteiger partial charge in [-0.15, -0.1) is 0 Å². The molecular formula is C23H32N3+. The molecule has 3 rings (SSSR count). The molecule has 3 nitrogen and oxygen atoms in total. The molecule has 0 atom stereocenters. The van der Waals surface area contributed by atoms with Crippen molar-refractivity contribution in [2.24, 2.45) is 0 Å². The van der Waals surface area contributed by atoms with Crippen LogP contribution >= 0.6 is 0 Å². The number of hydrogen-bond donors (Lipinski definition) is 0. The van der Waals surface area contributed by atoms with E-state index in [2.05, 4.69) is 91.9 Å². The van der Waals surface area contributed by atoms with Gasteiger partial charge in [0.05, 0.1) is 0 Å². The zero-order valence-electron chi connectivity index (χ0n) is 16.9. The van der Waals surface area contributed by atoms with E-state index in [0.29, 0.717) is 0 Å². The Balaban J connectivity index is 2.19. The summed E-state index contributed by atoms with van der Waals surface area (Å²) in [5.74, 6) is 0. The molecule has 138 valence electrons. The van der Waals surface area contributed by atoms with Crippen molar-refractivity contribution < 1.29 is 4.57 Å². The molecule has 2 aromatic carbocycles. The minimum atomic E-state index is 1.07. The van der Waals surface area contributed by atoms with Crippen LogP contribution in [-0.4, -0.2) is 28.2 Å². The van der Waals surface area contributed by atoms with Crippen molar-refractivity contribution in [1.82, 2.24) is 0 Å². The highest BCUT2D eigenvalue weighted by atomic mass is 15.1. The zero-order valence-corrected chi connectivity index (χ0v) is 16.9. The molecule has 26 heavy (non-hydrogen) atoms. The summed E-state index contributed by atoms with van der Waals surface area (Å²) in [6, 6.07) is 15.9. The van der Waals surface area contributed by atoms with E-state index in [4.69, 9.17) is 0 Å². The first-order valence-electron chi connectivity index (χ1n) is 9.76. The second-order valence-electron chi connectivity index (χ2n) is 7.63. The lowest BCUT2D eigenvalue weighted by Crippen LogP contribution is -2.36. The molecule has 3 aromatic rings. The van der Waals surface area contributed by atoms with Crippen molar-refractivity contribution in [3.8, 4) is 0 Å². The SMILES string of the molecule is CCCCCC[n+]1c2cc(N(C)C)ccc2cc2ccc(N(C)C)cc21. The topological polar surface area (TPSA) is 10.4 Å². The molecule has 0 fully saturated rings. The molecule has 0 unspecified atom stereocenters. The van der Waals surface area contributed by atoms with Crippen molar-refractivity contribution in [3.05, 3.63) is 42.5 Å². The van der Waals surface area contributed by atoms with Gasteiger partial charge in [0, 0.05) is 68.9 Å². The average Bonchev–Trinajstić information content (AvgIpc) is 2.63. The van der Waals surface area contributed by atoms with E-state index in [1.807, 2.05) is 0 Å². The van der Waals surface area contributed by atoms with Crippen molar-refractivity contribution in [3.63, 3.8) is 0 Å². The number of aromatic nitrogens is 1. The van der Waals surface area contributed by atoms with Gasteiger partial charge < -0.3 is 9.80 Å². The van der Waals surface area contributed by atoms with Crippen LogP contribution in [0.1, 0.15) is 32.6 Å². The third kappa shape index (κ3) is 3.77. The smallest absolute Gasteiger partial charge is 0.215 e. The number of anilines is 2. The van der Waals surface area contributed by atoms with Crippen molar-refractivity contribution in [2.45, 2.75) is 39.2 Å². The summed E-state index contributed by atoms with van der Waals surface area (Å²) in [5.41, 5.74) is 5.16. The Morgan fingerprint density at radius 2 is 1.23 bits per heavy atom. The number of rotatable bonds is 7. The molecule has 0 saturated heterocycles. The highest BCUT2D eigenvalue weighted by Crippen LogP contribution is 2.25. The van der Waals surface area contributed by atoms with Crippen LogP contribution in [0.25, 0.3) is 21.8 Å². The predicted octanol–water partition coefficient (Wildman–Crippen LogP) is 4.99. The lowest BCUT2D eigenvalue weighted by molar-refractivity contribution is -0.645. The molecule has 0 bridgehead atoms. The second kappa shape index (κ2) is 7.94. The number of fused-ring (bicyclic) bond motifs is 2. The van der Waals surface area contributed by atoms with E-state index in [9.17, 15) is 0 Å². The third-order valence-corrected chi connectivity index (χ3v) is 5.19. The van der Waals surface area contributed by atoms with Gasteiger partial charge in [-0.05, 0) is 36.8 Å². The number of unbranched alkanes of at least 4 members (excludes halogenated alkanes) is 3. The Kier molecular flexibility index (Phi) is 5.65. The predicted molar refractivity (Wildman–Crippen MR) is 114 cm³/mol. The Hall–Kier alpha value is -2.29. The van der Waals surface area contributed by atoms with Gasteiger partial charge in [-0.3, -0.25) is 0 Å². The molecule has 0 aliphatic heterocycles. The third-order valence-electron chi connectivity index (χ3n) is 5.19. The van der Waals surface area contributed by atoms with Gasteiger partial charge >= 0.3 is 0 Å². The summed E-state index contributed by atoms with van der Waals surface area (Å²) in [4.78, 5) is 4.36. The summed E-state index contributed by atoms with van der Waals surface area (Å²) in [6.07, 6.45) is 5.11. The molecule has 3 heteroatoms. The fourth-order valence-corrected chi connectivity index (χ4v) is 3.57. The molecule has 0 radical (unpaired) electrons. The Morgan fingerprint density at radius 1 is 0.692 bits per heavy atom. The van der Waals surface area contributed by atoms with E-state index in [0.717, 1.165) is 6.54 Å². The lowest BCUT2D eigenvalue weighted by atomic mass is 10.1.